The molecule has 1 heterocycles. The Kier molecular flexibility index (Phi) is 2.45. The second kappa shape index (κ2) is 3.92. The van der Waals surface area contributed by atoms with E-state index in [0.717, 1.165) is 22.2 Å². The van der Waals surface area contributed by atoms with Crippen molar-refractivity contribution in [2.45, 2.75) is 20.3 Å². The summed E-state index contributed by atoms with van der Waals surface area (Å²) < 4.78 is 0. The molecule has 0 atom stereocenters. The number of fused-ring (bicyclic) bond motifs is 3. The first-order chi connectivity index (χ1) is 9.04. The van der Waals surface area contributed by atoms with Gasteiger partial charge in [0.15, 0.2) is 0 Å². The Balaban J connectivity index is 2.22. The number of ketones is 2. The number of hydrogen-bond donors (Lipinski definition) is 1. The maximum atomic E-state index is 11.9. The van der Waals surface area contributed by atoms with Crippen molar-refractivity contribution < 1.29 is 9.59 Å². The van der Waals surface area contributed by atoms with Crippen molar-refractivity contribution in [2.75, 3.05) is 0 Å². The van der Waals surface area contributed by atoms with E-state index >= 15 is 0 Å². The topological polar surface area (TPSA) is 49.9 Å². The summed E-state index contributed by atoms with van der Waals surface area (Å²) in [5, 5.41) is 1.09. The number of allylic oxidation sites excluding steroid dienone is 1. The molecule has 3 nitrogen and oxygen atoms in total. The molecule has 0 amide bonds. The number of carbonyl (C=O) groups excluding carboxylic acids is 2. The van der Waals surface area contributed by atoms with E-state index in [2.05, 4.69) is 4.98 Å². The smallest absolute Gasteiger partial charge is 0.147 e. The minimum absolute atomic E-state index is 0.0906. The maximum Gasteiger partial charge on any atom is 0.147 e. The van der Waals surface area contributed by atoms with Gasteiger partial charge in [0, 0.05) is 16.6 Å². The standard InChI is InChI=1S/C16H15NO2/c1-10(18)16(11(2)19)8-7-15-13(9-16)12-5-3-4-6-14(12)17-15/h3-8,17H,9H2,1-2H3. The highest BCUT2D eigenvalue weighted by Gasteiger charge is 2.41. The molecule has 0 spiro atoms. The Bertz CT molecular complexity index is 707. The largest absolute Gasteiger partial charge is 0.355 e. The molecule has 0 aliphatic heterocycles. The molecular weight excluding hydrogens is 238 g/mol. The van der Waals surface area contributed by atoms with Crippen LogP contribution in [0.15, 0.2) is 30.3 Å². The third kappa shape index (κ3) is 1.58. The average Bonchev–Trinajstić information content (AvgIpc) is 2.75. The number of Topliss-reactive ketones (excluding diaryl/α,β-unsaturated/α-hetero) is 2. The molecule has 3 rings (SSSR count). The van der Waals surface area contributed by atoms with Crippen molar-refractivity contribution in [1.82, 2.24) is 4.98 Å². The monoisotopic (exact) mass is 253 g/mol. The van der Waals surface area contributed by atoms with E-state index in [0.29, 0.717) is 6.42 Å². The van der Waals surface area contributed by atoms with E-state index in [9.17, 15) is 9.59 Å². The van der Waals surface area contributed by atoms with Crippen LogP contribution in [0.1, 0.15) is 25.1 Å². The van der Waals surface area contributed by atoms with Gasteiger partial charge in [0.25, 0.3) is 0 Å². The normalized spacial score (nSPS) is 16.3. The molecule has 0 bridgehead atoms. The van der Waals surface area contributed by atoms with Crippen LogP contribution >= 0.6 is 0 Å². The Morgan fingerprint density at radius 3 is 2.53 bits per heavy atom. The molecule has 1 aromatic heterocycles. The molecule has 0 unspecified atom stereocenters. The predicted molar refractivity (Wildman–Crippen MR) is 74.8 cm³/mol. The Labute approximate surface area is 111 Å². The number of H-pyrrole nitrogens is 1. The van der Waals surface area contributed by atoms with Gasteiger partial charge < -0.3 is 4.98 Å². The highest BCUT2D eigenvalue weighted by Crippen LogP contribution is 2.37. The summed E-state index contributed by atoms with van der Waals surface area (Å²) >= 11 is 0. The van der Waals surface area contributed by atoms with E-state index < -0.39 is 5.41 Å². The molecule has 96 valence electrons. The molecule has 1 aliphatic rings. The summed E-state index contributed by atoms with van der Waals surface area (Å²) in [5.74, 6) is -0.181. The number of para-hydroxylation sites is 1. The van der Waals surface area contributed by atoms with Gasteiger partial charge in [-0.3, -0.25) is 9.59 Å². The van der Waals surface area contributed by atoms with Crippen molar-refractivity contribution in [3.8, 4) is 0 Å². The second-order valence-corrected chi connectivity index (χ2v) is 5.16. The van der Waals surface area contributed by atoms with Gasteiger partial charge in [-0.15, -0.1) is 0 Å². The average molecular weight is 253 g/mol. The van der Waals surface area contributed by atoms with Crippen molar-refractivity contribution in [3.63, 3.8) is 0 Å². The molecule has 0 radical (unpaired) electrons. The zero-order chi connectivity index (χ0) is 13.6. The van der Waals surface area contributed by atoms with Crippen LogP contribution in [0, 0.1) is 5.41 Å². The van der Waals surface area contributed by atoms with Crippen LogP contribution in [-0.4, -0.2) is 16.6 Å². The minimum atomic E-state index is -0.988. The third-order valence-corrected chi connectivity index (χ3v) is 4.09. The lowest BCUT2D eigenvalue weighted by molar-refractivity contribution is -0.135. The van der Waals surface area contributed by atoms with Crippen LogP contribution in [0.25, 0.3) is 17.0 Å². The molecule has 1 aliphatic carbocycles. The molecule has 19 heavy (non-hydrogen) atoms. The zero-order valence-corrected chi connectivity index (χ0v) is 11.0. The van der Waals surface area contributed by atoms with Crippen molar-refractivity contribution in [2.24, 2.45) is 5.41 Å². The summed E-state index contributed by atoms with van der Waals surface area (Å²) in [6.07, 6.45) is 4.06. The highest BCUT2D eigenvalue weighted by molar-refractivity contribution is 6.09. The number of aromatic amines is 1. The lowest BCUT2D eigenvalue weighted by Crippen LogP contribution is -2.38. The van der Waals surface area contributed by atoms with Gasteiger partial charge in [-0.2, -0.15) is 0 Å². The van der Waals surface area contributed by atoms with Gasteiger partial charge in [0.05, 0.1) is 0 Å². The minimum Gasteiger partial charge on any atom is -0.355 e. The van der Waals surface area contributed by atoms with Crippen molar-refractivity contribution in [3.05, 3.63) is 41.6 Å². The van der Waals surface area contributed by atoms with Gasteiger partial charge >= 0.3 is 0 Å². The first kappa shape index (κ1) is 11.9. The zero-order valence-electron chi connectivity index (χ0n) is 11.0. The SMILES string of the molecule is CC(=O)C1(C(C)=O)C=Cc2[nH]c3ccccc3c2C1. The fourth-order valence-corrected chi connectivity index (χ4v) is 2.85. The van der Waals surface area contributed by atoms with Crippen molar-refractivity contribution in [1.29, 1.82) is 0 Å². The molecule has 0 saturated heterocycles. The van der Waals surface area contributed by atoms with Crippen LogP contribution in [0.2, 0.25) is 0 Å². The van der Waals surface area contributed by atoms with Gasteiger partial charge in [0.1, 0.15) is 17.0 Å². The summed E-state index contributed by atoms with van der Waals surface area (Å²) in [4.78, 5) is 27.2. The molecule has 2 aromatic rings. The molecule has 1 aromatic carbocycles. The molecular formula is C16H15NO2. The Morgan fingerprint density at radius 1 is 1.16 bits per heavy atom. The quantitative estimate of drug-likeness (QED) is 0.837. The van der Waals surface area contributed by atoms with Gasteiger partial charge in [0.2, 0.25) is 0 Å². The first-order valence-corrected chi connectivity index (χ1v) is 6.35. The Morgan fingerprint density at radius 2 is 1.84 bits per heavy atom. The number of rotatable bonds is 2. The van der Waals surface area contributed by atoms with Crippen LogP contribution in [0.3, 0.4) is 0 Å². The fraction of sp³-hybridized carbons (Fsp3) is 0.250. The van der Waals surface area contributed by atoms with Crippen LogP contribution < -0.4 is 0 Å². The highest BCUT2D eigenvalue weighted by atomic mass is 16.2. The number of carbonyl (C=O) groups is 2. The number of aromatic nitrogens is 1. The molecule has 1 N–H and O–H groups in total. The maximum absolute atomic E-state index is 11.9. The predicted octanol–water partition coefficient (Wildman–Crippen LogP) is 2.90. The first-order valence-electron chi connectivity index (χ1n) is 6.35. The summed E-state index contributed by atoms with van der Waals surface area (Å²) in [7, 11) is 0. The summed E-state index contributed by atoms with van der Waals surface area (Å²) in [5.41, 5.74) is 2.11. The molecule has 0 saturated carbocycles. The van der Waals surface area contributed by atoms with E-state index in [1.165, 1.54) is 13.8 Å². The summed E-state index contributed by atoms with van der Waals surface area (Å²) in [6.45, 7) is 2.98. The second-order valence-electron chi connectivity index (χ2n) is 5.16. The fourth-order valence-electron chi connectivity index (χ4n) is 2.85. The Hall–Kier alpha value is -2.16. The summed E-state index contributed by atoms with van der Waals surface area (Å²) in [6, 6.07) is 7.97. The van der Waals surface area contributed by atoms with E-state index in [1.807, 2.05) is 30.3 Å². The van der Waals surface area contributed by atoms with E-state index in [4.69, 9.17) is 0 Å². The van der Waals surface area contributed by atoms with Crippen LogP contribution in [-0.2, 0) is 16.0 Å². The van der Waals surface area contributed by atoms with E-state index in [1.54, 1.807) is 6.08 Å². The lowest BCUT2D eigenvalue weighted by Gasteiger charge is -2.28. The van der Waals surface area contributed by atoms with E-state index in [-0.39, 0.29) is 11.6 Å². The number of nitrogens with one attached hydrogen (secondary N) is 1. The lowest BCUT2D eigenvalue weighted by atomic mass is 9.72. The van der Waals surface area contributed by atoms with Gasteiger partial charge in [-0.25, -0.2) is 0 Å². The van der Waals surface area contributed by atoms with Crippen LogP contribution in [0.4, 0.5) is 0 Å². The van der Waals surface area contributed by atoms with Gasteiger partial charge in [-0.05, 0) is 38.0 Å². The molecule has 0 fully saturated rings. The van der Waals surface area contributed by atoms with Gasteiger partial charge in [-0.1, -0.05) is 24.3 Å². The third-order valence-electron chi connectivity index (χ3n) is 4.09. The van der Waals surface area contributed by atoms with Crippen molar-refractivity contribution >= 4 is 28.5 Å². The van der Waals surface area contributed by atoms with Crippen LogP contribution in [0.5, 0.6) is 0 Å². The number of benzene rings is 1. The number of hydrogen-bond acceptors (Lipinski definition) is 2. The molecule has 3 heteroatoms.